The van der Waals surface area contributed by atoms with E-state index in [2.05, 4.69) is 56.2 Å². The number of carboxylic acids is 2. The van der Waals surface area contributed by atoms with Gasteiger partial charge in [-0.1, -0.05) is 49.2 Å². The summed E-state index contributed by atoms with van der Waals surface area (Å²) in [6, 6.07) is 18.0. The maximum atomic E-state index is 11.9. The van der Waals surface area contributed by atoms with Crippen LogP contribution in [0.3, 0.4) is 0 Å². The molecule has 0 bridgehead atoms. The first-order valence-electron chi connectivity index (χ1n) is 18.5. The van der Waals surface area contributed by atoms with Gasteiger partial charge in [0.1, 0.15) is 23.1 Å². The number of anilines is 4. The van der Waals surface area contributed by atoms with Crippen LogP contribution in [0.1, 0.15) is 51.5 Å². The Labute approximate surface area is 358 Å². The molecule has 0 fully saturated rings. The fourth-order valence-electron chi connectivity index (χ4n) is 5.62. The van der Waals surface area contributed by atoms with Crippen LogP contribution in [0, 0.1) is 21.4 Å². The highest BCUT2D eigenvalue weighted by Crippen LogP contribution is 2.33. The van der Waals surface area contributed by atoms with Crippen LogP contribution in [-0.4, -0.2) is 88.1 Å². The lowest BCUT2D eigenvalue weighted by molar-refractivity contribution is -0.385. The molecular weight excluding hydrogens is 829 g/mol. The SMILES string of the molecule is CCc1nc(NCCNc2ccc([N+](=O)[O-])cn2)nc(-c2ccc(Cl)cc2Cl)c1C(=O)O.CCc1nc(NCCNc2ncccn2)nc(-c2ccc(C#N)cc2)c1C(=O)O. The van der Waals surface area contributed by atoms with Crippen molar-refractivity contribution in [1.82, 2.24) is 34.9 Å². The van der Waals surface area contributed by atoms with Crippen molar-refractivity contribution in [2.24, 2.45) is 0 Å². The summed E-state index contributed by atoms with van der Waals surface area (Å²) in [5.74, 6) is -0.671. The van der Waals surface area contributed by atoms with Crippen LogP contribution in [0.2, 0.25) is 10.0 Å². The maximum Gasteiger partial charge on any atom is 0.339 e. The zero-order chi connectivity index (χ0) is 43.9. The fraction of sp³-hybridized carbons (Fsp3) is 0.200. The summed E-state index contributed by atoms with van der Waals surface area (Å²) in [4.78, 5) is 63.6. The highest BCUT2D eigenvalue weighted by Gasteiger charge is 2.23. The van der Waals surface area contributed by atoms with E-state index in [0.717, 1.165) is 0 Å². The van der Waals surface area contributed by atoms with Crippen LogP contribution >= 0.6 is 23.2 Å². The molecule has 2 aromatic carbocycles. The van der Waals surface area contributed by atoms with Gasteiger partial charge in [0.05, 0.1) is 44.4 Å². The number of nitro groups is 1. The van der Waals surface area contributed by atoms with Gasteiger partial charge >= 0.3 is 11.9 Å². The molecule has 0 radical (unpaired) electrons. The number of aromatic carboxylic acids is 2. The molecule has 312 valence electrons. The number of halogens is 2. The average Bonchev–Trinajstić information content (AvgIpc) is 3.26. The number of benzene rings is 2. The van der Waals surface area contributed by atoms with Gasteiger partial charge in [0.15, 0.2) is 0 Å². The molecule has 21 heteroatoms. The minimum Gasteiger partial charge on any atom is -0.478 e. The molecule has 6 rings (SSSR count). The Hall–Kier alpha value is -7.56. The first-order valence-corrected chi connectivity index (χ1v) is 19.2. The summed E-state index contributed by atoms with van der Waals surface area (Å²) in [6.07, 6.45) is 5.28. The molecule has 0 aliphatic rings. The van der Waals surface area contributed by atoms with E-state index in [-0.39, 0.29) is 33.5 Å². The summed E-state index contributed by atoms with van der Waals surface area (Å²) in [5.41, 5.74) is 2.79. The highest BCUT2D eigenvalue weighted by atomic mass is 35.5. The van der Waals surface area contributed by atoms with Gasteiger partial charge in [0.2, 0.25) is 17.8 Å². The van der Waals surface area contributed by atoms with Crippen LogP contribution in [0.5, 0.6) is 0 Å². The lowest BCUT2D eigenvalue weighted by Gasteiger charge is -2.14. The van der Waals surface area contributed by atoms with Gasteiger partial charge in [-0.25, -0.2) is 44.5 Å². The van der Waals surface area contributed by atoms with E-state index < -0.39 is 16.9 Å². The molecule has 0 spiro atoms. The third-order valence-electron chi connectivity index (χ3n) is 8.47. The highest BCUT2D eigenvalue weighted by molar-refractivity contribution is 6.36. The maximum absolute atomic E-state index is 11.9. The van der Waals surface area contributed by atoms with Gasteiger partial charge in [-0.2, -0.15) is 5.26 Å². The Bertz CT molecular complexity index is 2540. The second-order valence-electron chi connectivity index (χ2n) is 12.5. The smallest absolute Gasteiger partial charge is 0.339 e. The number of hydrogen-bond acceptors (Lipinski definition) is 16. The number of carbonyl (C=O) groups is 2. The zero-order valence-corrected chi connectivity index (χ0v) is 34.1. The van der Waals surface area contributed by atoms with Crippen molar-refractivity contribution in [3.63, 3.8) is 0 Å². The standard InChI is InChI=1S/C20H18Cl2N6O4.C20H19N7O2/c1-2-15-17(19(29)30)18(13-5-3-11(21)9-14(13)22)27-20(26-15)24-8-7-23-16-6-4-12(10-25-16)28(31)32;1-2-15-16(18(28)29)17(14-6-4-13(12-21)5-7-14)27-20(26-15)25-11-10-24-19-22-8-3-9-23-19/h3-6,9-10H,2,7-8H2,1H3,(H,23,25)(H,29,30)(H,24,26,27);3-9H,2,10-11H2,1H3,(H,28,29)(H,22,23,24)(H,25,26,27). The summed E-state index contributed by atoms with van der Waals surface area (Å²) in [6.45, 7) is 5.45. The topological polar surface area (TPSA) is 280 Å². The number of nitrogens with zero attached hydrogens (tertiary/aromatic N) is 9. The zero-order valence-electron chi connectivity index (χ0n) is 32.6. The molecule has 0 saturated heterocycles. The van der Waals surface area contributed by atoms with Crippen molar-refractivity contribution in [3.05, 3.63) is 127 Å². The number of aromatic nitrogens is 7. The molecule has 0 atom stereocenters. The summed E-state index contributed by atoms with van der Waals surface area (Å²) in [7, 11) is 0. The number of aryl methyl sites for hydroxylation is 2. The van der Waals surface area contributed by atoms with Crippen LogP contribution in [-0.2, 0) is 12.8 Å². The lowest BCUT2D eigenvalue weighted by Crippen LogP contribution is -2.18. The van der Waals surface area contributed by atoms with E-state index in [9.17, 15) is 29.9 Å². The average molecular weight is 867 g/mol. The van der Waals surface area contributed by atoms with Crippen LogP contribution in [0.15, 0.2) is 79.3 Å². The van der Waals surface area contributed by atoms with E-state index >= 15 is 0 Å². The third kappa shape index (κ3) is 12.0. The quantitative estimate of drug-likeness (QED) is 0.0302. The minimum absolute atomic E-state index is 0.0181. The Kier molecular flexibility index (Phi) is 15.7. The number of hydrogen-bond donors (Lipinski definition) is 6. The van der Waals surface area contributed by atoms with Gasteiger partial charge in [-0.15, -0.1) is 0 Å². The first-order chi connectivity index (χ1) is 29.4. The van der Waals surface area contributed by atoms with Crippen LogP contribution in [0.4, 0.5) is 29.4 Å². The van der Waals surface area contributed by atoms with E-state index in [1.165, 1.54) is 24.4 Å². The summed E-state index contributed by atoms with van der Waals surface area (Å²) >= 11 is 12.3. The van der Waals surface area contributed by atoms with Gasteiger partial charge in [-0.05, 0) is 55.3 Å². The Balaban J connectivity index is 0.000000232. The van der Waals surface area contributed by atoms with Gasteiger partial charge in [0.25, 0.3) is 5.69 Å². The summed E-state index contributed by atoms with van der Waals surface area (Å²) < 4.78 is 0. The predicted molar refractivity (Wildman–Crippen MR) is 229 cm³/mol. The molecular formula is C40H37Cl2N13O6. The molecule has 19 nitrogen and oxygen atoms in total. The Morgan fingerprint density at radius 3 is 1.80 bits per heavy atom. The Morgan fingerprint density at radius 2 is 1.30 bits per heavy atom. The van der Waals surface area contributed by atoms with Crippen molar-refractivity contribution < 1.29 is 24.7 Å². The molecule has 4 heterocycles. The molecule has 6 N–H and O–H groups in total. The largest absolute Gasteiger partial charge is 0.478 e. The van der Waals surface area contributed by atoms with E-state index in [4.69, 9.17) is 28.5 Å². The number of nitriles is 1. The van der Waals surface area contributed by atoms with Crippen molar-refractivity contribution in [2.75, 3.05) is 47.4 Å². The lowest BCUT2D eigenvalue weighted by atomic mass is 10.0. The number of pyridine rings is 1. The van der Waals surface area contributed by atoms with Crippen molar-refractivity contribution in [3.8, 4) is 28.6 Å². The molecule has 0 amide bonds. The molecule has 0 aliphatic heterocycles. The first kappa shape index (κ1) is 44.5. The second-order valence-corrected chi connectivity index (χ2v) is 13.3. The van der Waals surface area contributed by atoms with Crippen molar-refractivity contribution in [1.29, 1.82) is 5.26 Å². The minimum atomic E-state index is -1.15. The molecule has 61 heavy (non-hydrogen) atoms. The van der Waals surface area contributed by atoms with Crippen LogP contribution < -0.4 is 21.3 Å². The number of carboxylic acid groups (broad SMARTS) is 2. The van der Waals surface area contributed by atoms with Crippen LogP contribution in [0.25, 0.3) is 22.5 Å². The van der Waals surface area contributed by atoms with E-state index in [1.54, 1.807) is 61.8 Å². The molecule has 6 aromatic rings. The van der Waals surface area contributed by atoms with E-state index in [0.29, 0.717) is 95.5 Å². The Morgan fingerprint density at radius 1 is 0.738 bits per heavy atom. The molecule has 0 unspecified atom stereocenters. The van der Waals surface area contributed by atoms with Gasteiger partial charge in [0, 0.05) is 60.8 Å². The number of rotatable bonds is 17. The normalized spacial score (nSPS) is 10.4. The third-order valence-corrected chi connectivity index (χ3v) is 9.02. The number of nitrogens with one attached hydrogen (secondary N) is 4. The van der Waals surface area contributed by atoms with E-state index in [1.807, 2.05) is 13.0 Å². The summed E-state index contributed by atoms with van der Waals surface area (Å²) in [5, 5.41) is 52.0. The fourth-order valence-corrected chi connectivity index (χ4v) is 6.12. The molecule has 0 aliphatic carbocycles. The molecule has 4 aromatic heterocycles. The van der Waals surface area contributed by atoms with Crippen molar-refractivity contribution >= 4 is 64.5 Å². The molecule has 0 saturated carbocycles. The van der Waals surface area contributed by atoms with Gasteiger partial charge < -0.3 is 31.5 Å². The monoisotopic (exact) mass is 865 g/mol. The predicted octanol–water partition coefficient (Wildman–Crippen LogP) is 7.13. The van der Waals surface area contributed by atoms with Gasteiger partial charge in [-0.3, -0.25) is 10.1 Å². The second kappa shape index (κ2) is 21.4. The van der Waals surface area contributed by atoms with Crippen molar-refractivity contribution in [2.45, 2.75) is 26.7 Å².